The van der Waals surface area contributed by atoms with Crippen LogP contribution in [-0.2, 0) is 0 Å². The first kappa shape index (κ1) is 21.2. The number of allylic oxidation sites excluding steroid dienone is 3. The van der Waals surface area contributed by atoms with Crippen LogP contribution in [0.4, 0.5) is 0 Å². The molecule has 0 amide bonds. The second kappa shape index (κ2) is 10.3. The topological polar surface area (TPSA) is 38.9 Å². The van der Waals surface area contributed by atoms with E-state index in [-0.39, 0.29) is 0 Å². The minimum Gasteiger partial charge on any atom is -0.398 e. The van der Waals surface area contributed by atoms with Crippen LogP contribution in [-0.4, -0.2) is 4.98 Å². The van der Waals surface area contributed by atoms with Crippen LogP contribution in [0.1, 0.15) is 37.5 Å². The van der Waals surface area contributed by atoms with Crippen LogP contribution in [0.2, 0.25) is 0 Å². The van der Waals surface area contributed by atoms with E-state index in [4.69, 9.17) is 5.73 Å². The molecule has 0 fully saturated rings. The maximum Gasteiger partial charge on any atom is 0.0702 e. The van der Waals surface area contributed by atoms with E-state index in [0.717, 1.165) is 22.5 Å². The van der Waals surface area contributed by atoms with Gasteiger partial charge in [-0.15, -0.1) is 0 Å². The lowest BCUT2D eigenvalue weighted by Gasteiger charge is -2.15. The van der Waals surface area contributed by atoms with Gasteiger partial charge in [0.2, 0.25) is 0 Å². The number of hydrogen-bond acceptors (Lipinski definition) is 2. The predicted octanol–water partition coefficient (Wildman–Crippen LogP) is 6.93. The first-order valence-corrected chi connectivity index (χ1v) is 9.82. The molecule has 2 nitrogen and oxygen atoms in total. The van der Waals surface area contributed by atoms with Gasteiger partial charge in [-0.2, -0.15) is 0 Å². The largest absolute Gasteiger partial charge is 0.398 e. The summed E-state index contributed by atoms with van der Waals surface area (Å²) in [5, 5.41) is 0. The Morgan fingerprint density at radius 1 is 0.929 bits per heavy atom. The average Bonchev–Trinajstić information content (AvgIpc) is 2.75. The van der Waals surface area contributed by atoms with Crippen molar-refractivity contribution in [2.24, 2.45) is 5.73 Å². The minimum absolute atomic E-state index is 0.756. The van der Waals surface area contributed by atoms with Gasteiger partial charge in [0.25, 0.3) is 0 Å². The maximum absolute atomic E-state index is 6.39. The third-order valence-corrected chi connectivity index (χ3v) is 4.51. The Labute approximate surface area is 169 Å². The first-order chi connectivity index (χ1) is 13.6. The van der Waals surface area contributed by atoms with Gasteiger partial charge < -0.3 is 5.73 Å². The van der Waals surface area contributed by atoms with Gasteiger partial charge in [0.1, 0.15) is 0 Å². The van der Waals surface area contributed by atoms with Crippen LogP contribution in [0, 0.1) is 13.8 Å². The lowest BCUT2D eigenvalue weighted by Crippen LogP contribution is -2.01. The van der Waals surface area contributed by atoms with Crippen molar-refractivity contribution in [3.8, 4) is 22.4 Å². The van der Waals surface area contributed by atoms with Gasteiger partial charge in [0.05, 0.1) is 5.69 Å². The summed E-state index contributed by atoms with van der Waals surface area (Å²) in [6, 6.07) is 18.9. The molecule has 0 bridgehead atoms. The van der Waals surface area contributed by atoms with Gasteiger partial charge in [-0.1, -0.05) is 61.9 Å². The highest BCUT2D eigenvalue weighted by Crippen LogP contribution is 2.33. The summed E-state index contributed by atoms with van der Waals surface area (Å²) in [6.07, 6.45) is 7.71. The smallest absolute Gasteiger partial charge is 0.0702 e. The molecule has 1 aromatic heterocycles. The molecule has 0 atom stereocenters. The van der Waals surface area contributed by atoms with Gasteiger partial charge >= 0.3 is 0 Å². The van der Waals surface area contributed by atoms with Crippen LogP contribution >= 0.6 is 0 Å². The summed E-state index contributed by atoms with van der Waals surface area (Å²) in [6.45, 7) is 10.2. The zero-order valence-electron chi connectivity index (χ0n) is 17.5. The van der Waals surface area contributed by atoms with E-state index in [1.807, 2.05) is 63.4 Å². The number of nitrogens with zero attached hydrogens (tertiary/aromatic N) is 1. The SMILES string of the molecule is C/C=C\C=C(/N)c1cc(-c2ccccn2)cc(-c2ccc(C)cc2)c1C.CC. The fourth-order valence-electron chi connectivity index (χ4n) is 3.02. The van der Waals surface area contributed by atoms with E-state index in [1.165, 1.54) is 22.3 Å². The highest BCUT2D eigenvalue weighted by atomic mass is 14.7. The lowest BCUT2D eigenvalue weighted by atomic mass is 9.91. The number of nitrogens with two attached hydrogens (primary N) is 1. The van der Waals surface area contributed by atoms with Gasteiger partial charge in [-0.25, -0.2) is 0 Å². The van der Waals surface area contributed by atoms with Crippen molar-refractivity contribution in [1.29, 1.82) is 0 Å². The Morgan fingerprint density at radius 2 is 1.64 bits per heavy atom. The molecule has 0 saturated heterocycles. The summed E-state index contributed by atoms with van der Waals surface area (Å²) < 4.78 is 0. The highest BCUT2D eigenvalue weighted by Gasteiger charge is 2.12. The van der Waals surface area contributed by atoms with Crippen molar-refractivity contribution in [2.45, 2.75) is 34.6 Å². The molecule has 0 aliphatic rings. The van der Waals surface area contributed by atoms with Crippen molar-refractivity contribution < 1.29 is 0 Å². The van der Waals surface area contributed by atoms with Gasteiger partial charge in [0, 0.05) is 23.0 Å². The summed E-state index contributed by atoms with van der Waals surface area (Å²) in [5.41, 5.74) is 15.0. The second-order valence-corrected chi connectivity index (χ2v) is 6.43. The summed E-state index contributed by atoms with van der Waals surface area (Å²) in [5.74, 6) is 0. The van der Waals surface area contributed by atoms with E-state index < -0.39 is 0 Å². The van der Waals surface area contributed by atoms with E-state index in [9.17, 15) is 0 Å². The molecule has 2 aromatic carbocycles. The number of pyridine rings is 1. The summed E-state index contributed by atoms with van der Waals surface area (Å²) in [7, 11) is 0. The van der Waals surface area contributed by atoms with Crippen molar-refractivity contribution in [3.63, 3.8) is 0 Å². The first-order valence-electron chi connectivity index (χ1n) is 9.82. The van der Waals surface area contributed by atoms with Crippen molar-refractivity contribution in [2.75, 3.05) is 0 Å². The maximum atomic E-state index is 6.39. The fraction of sp³-hybridized carbons (Fsp3) is 0.192. The van der Waals surface area contributed by atoms with E-state index in [1.54, 1.807) is 0 Å². The fourth-order valence-corrected chi connectivity index (χ4v) is 3.02. The van der Waals surface area contributed by atoms with Crippen LogP contribution in [0.25, 0.3) is 28.1 Å². The molecule has 3 aromatic rings. The third kappa shape index (κ3) is 4.98. The lowest BCUT2D eigenvalue weighted by molar-refractivity contribution is 1.31. The zero-order chi connectivity index (χ0) is 20.5. The minimum atomic E-state index is 0.756. The standard InChI is InChI=1S/C24H24N2.C2H6/c1-4-5-8-23(25)22-16-20(24-9-6-7-14-26-24)15-21(18(22)3)19-12-10-17(2)11-13-19;1-2/h4-16H,25H2,1-3H3;1-2H3/b5-4-,23-8-;. The molecule has 28 heavy (non-hydrogen) atoms. The molecular formula is C26H30N2. The Bertz CT molecular complexity index is 950. The predicted molar refractivity (Wildman–Crippen MR) is 123 cm³/mol. The van der Waals surface area contributed by atoms with E-state index in [2.05, 4.69) is 55.2 Å². The molecule has 1 heterocycles. The van der Waals surface area contributed by atoms with E-state index in [0.29, 0.717) is 0 Å². The number of hydrogen-bond donors (Lipinski definition) is 1. The average molecular weight is 371 g/mol. The van der Waals surface area contributed by atoms with E-state index >= 15 is 0 Å². The molecule has 3 rings (SSSR count). The van der Waals surface area contributed by atoms with Gasteiger partial charge in [-0.05, 0) is 67.8 Å². The number of benzene rings is 2. The Kier molecular flexibility index (Phi) is 7.76. The molecule has 0 radical (unpaired) electrons. The normalized spacial score (nSPS) is 11.2. The number of aromatic nitrogens is 1. The molecule has 144 valence electrons. The van der Waals surface area contributed by atoms with Crippen LogP contribution in [0.5, 0.6) is 0 Å². The number of aryl methyl sites for hydroxylation is 1. The highest BCUT2D eigenvalue weighted by molar-refractivity contribution is 5.82. The van der Waals surface area contributed by atoms with Gasteiger partial charge in [0.15, 0.2) is 0 Å². The molecule has 0 spiro atoms. The molecule has 0 unspecified atom stereocenters. The van der Waals surface area contributed by atoms with Crippen LogP contribution in [0.3, 0.4) is 0 Å². The van der Waals surface area contributed by atoms with Crippen LogP contribution in [0.15, 0.2) is 79.0 Å². The number of rotatable bonds is 4. The molecular weight excluding hydrogens is 340 g/mol. The summed E-state index contributed by atoms with van der Waals surface area (Å²) in [4.78, 5) is 4.52. The van der Waals surface area contributed by atoms with Gasteiger partial charge in [-0.3, -0.25) is 4.98 Å². The van der Waals surface area contributed by atoms with Crippen molar-refractivity contribution in [1.82, 2.24) is 4.98 Å². The van der Waals surface area contributed by atoms with Crippen molar-refractivity contribution in [3.05, 3.63) is 95.7 Å². The Balaban J connectivity index is 0.00000136. The Morgan fingerprint density at radius 3 is 2.25 bits per heavy atom. The zero-order valence-corrected chi connectivity index (χ0v) is 17.5. The van der Waals surface area contributed by atoms with Crippen LogP contribution < -0.4 is 5.73 Å². The molecule has 0 aliphatic carbocycles. The summed E-state index contributed by atoms with van der Waals surface area (Å²) >= 11 is 0. The quantitative estimate of drug-likeness (QED) is 0.505. The second-order valence-electron chi connectivity index (χ2n) is 6.43. The molecule has 0 aliphatic heterocycles. The Hall–Kier alpha value is -3.13. The molecule has 2 heteroatoms. The monoisotopic (exact) mass is 370 g/mol. The van der Waals surface area contributed by atoms with Crippen molar-refractivity contribution >= 4 is 5.70 Å². The molecule has 0 saturated carbocycles. The molecule has 2 N–H and O–H groups in total. The third-order valence-electron chi connectivity index (χ3n) is 4.51.